The fraction of sp³-hybridized carbons (Fsp3) is 0.263. The summed E-state index contributed by atoms with van der Waals surface area (Å²) in [6.45, 7) is 0.296. The second kappa shape index (κ2) is 5.85. The average Bonchev–Trinajstić information content (AvgIpc) is 2.96. The monoisotopic (exact) mass is 353 g/mol. The van der Waals surface area contributed by atoms with Crippen molar-refractivity contribution in [3.63, 3.8) is 0 Å². The van der Waals surface area contributed by atoms with Gasteiger partial charge in [0.15, 0.2) is 0 Å². The van der Waals surface area contributed by atoms with Crippen molar-refractivity contribution < 1.29 is 9.63 Å². The number of nitrogens with zero attached hydrogens (tertiary/aromatic N) is 3. The normalized spacial score (nSPS) is 25.9. The zero-order valence-electron chi connectivity index (χ0n) is 13.6. The molecule has 2 heterocycles. The summed E-state index contributed by atoms with van der Waals surface area (Å²) in [4.78, 5) is 20.1. The average molecular weight is 354 g/mol. The van der Waals surface area contributed by atoms with Crippen LogP contribution < -0.4 is 4.90 Å². The van der Waals surface area contributed by atoms with Crippen LogP contribution in [0.25, 0.3) is 0 Å². The molecule has 2 atom stereocenters. The Morgan fingerprint density at radius 3 is 2.76 bits per heavy atom. The maximum Gasteiger partial charge on any atom is 0.243 e. The molecule has 126 valence electrons. The standard InChI is InChI=1S/C19H16ClN3O2/c1-22-17-8-7-15(20)9-16(17)19(13-5-3-2-4-6-13)14(10-21)12-25-23(19)11-18(22)24/h2-9,14H,11-12H2,1H3/t14-,19+/m1/s1. The largest absolute Gasteiger partial charge is 0.314 e. The maximum absolute atomic E-state index is 12.7. The van der Waals surface area contributed by atoms with E-state index in [2.05, 4.69) is 6.07 Å². The lowest BCUT2D eigenvalue weighted by molar-refractivity contribution is -0.163. The van der Waals surface area contributed by atoms with Gasteiger partial charge in [0.25, 0.3) is 0 Å². The minimum atomic E-state index is -0.878. The Morgan fingerprint density at radius 1 is 1.28 bits per heavy atom. The van der Waals surface area contributed by atoms with Crippen molar-refractivity contribution in [3.8, 4) is 6.07 Å². The van der Waals surface area contributed by atoms with Crippen LogP contribution in [0.2, 0.25) is 5.02 Å². The van der Waals surface area contributed by atoms with Crippen molar-refractivity contribution in [1.29, 1.82) is 5.26 Å². The number of likely N-dealkylation sites (N-methyl/N-ethyl adjacent to an activating group) is 1. The molecule has 5 nitrogen and oxygen atoms in total. The topological polar surface area (TPSA) is 56.6 Å². The van der Waals surface area contributed by atoms with E-state index in [9.17, 15) is 10.1 Å². The molecule has 1 fully saturated rings. The van der Waals surface area contributed by atoms with Gasteiger partial charge in [-0.1, -0.05) is 41.9 Å². The maximum atomic E-state index is 12.7. The van der Waals surface area contributed by atoms with Crippen molar-refractivity contribution in [2.24, 2.45) is 5.92 Å². The third-order valence-electron chi connectivity index (χ3n) is 5.05. The number of hydrogen-bond acceptors (Lipinski definition) is 4. The number of benzene rings is 2. The fourth-order valence-corrected chi connectivity index (χ4v) is 4.02. The van der Waals surface area contributed by atoms with Crippen molar-refractivity contribution in [2.45, 2.75) is 5.54 Å². The lowest BCUT2D eigenvalue weighted by Crippen LogP contribution is -2.46. The molecule has 2 aromatic carbocycles. The fourth-order valence-electron chi connectivity index (χ4n) is 3.85. The summed E-state index contributed by atoms with van der Waals surface area (Å²) in [5, 5.41) is 12.1. The first kappa shape index (κ1) is 16.1. The van der Waals surface area contributed by atoms with Crippen LogP contribution in [0.3, 0.4) is 0 Å². The van der Waals surface area contributed by atoms with Gasteiger partial charge in [0.05, 0.1) is 12.7 Å². The number of rotatable bonds is 1. The van der Waals surface area contributed by atoms with Crippen LogP contribution in [0.15, 0.2) is 48.5 Å². The molecule has 2 aliphatic rings. The van der Waals surface area contributed by atoms with Crippen molar-refractivity contribution in [2.75, 3.05) is 25.1 Å². The summed E-state index contributed by atoms with van der Waals surface area (Å²) >= 11 is 6.30. The number of nitriles is 1. The van der Waals surface area contributed by atoms with Gasteiger partial charge in [-0.3, -0.25) is 9.63 Å². The molecule has 0 spiro atoms. The minimum Gasteiger partial charge on any atom is -0.314 e. The molecule has 6 heteroatoms. The van der Waals surface area contributed by atoms with E-state index in [-0.39, 0.29) is 19.1 Å². The Morgan fingerprint density at radius 2 is 2.04 bits per heavy atom. The number of fused-ring (bicyclic) bond motifs is 3. The summed E-state index contributed by atoms with van der Waals surface area (Å²) in [7, 11) is 1.73. The molecule has 0 unspecified atom stereocenters. The van der Waals surface area contributed by atoms with Gasteiger partial charge in [0.1, 0.15) is 18.0 Å². The lowest BCUT2D eigenvalue weighted by Gasteiger charge is -2.38. The molecule has 4 rings (SSSR count). The molecule has 0 saturated carbocycles. The molecule has 0 aromatic heterocycles. The Kier molecular flexibility index (Phi) is 3.77. The van der Waals surface area contributed by atoms with E-state index < -0.39 is 11.5 Å². The van der Waals surface area contributed by atoms with E-state index in [1.807, 2.05) is 42.5 Å². The third-order valence-corrected chi connectivity index (χ3v) is 5.28. The summed E-state index contributed by atoms with van der Waals surface area (Å²) in [6, 6.07) is 17.5. The van der Waals surface area contributed by atoms with E-state index in [1.54, 1.807) is 23.1 Å². The smallest absolute Gasteiger partial charge is 0.243 e. The van der Waals surface area contributed by atoms with Gasteiger partial charge < -0.3 is 4.90 Å². The van der Waals surface area contributed by atoms with E-state index in [0.29, 0.717) is 5.02 Å². The van der Waals surface area contributed by atoms with E-state index in [0.717, 1.165) is 16.8 Å². The number of halogens is 1. The van der Waals surface area contributed by atoms with Crippen LogP contribution in [0.1, 0.15) is 11.1 Å². The van der Waals surface area contributed by atoms with Crippen LogP contribution in [-0.4, -0.2) is 31.2 Å². The first-order chi connectivity index (χ1) is 12.1. The zero-order valence-corrected chi connectivity index (χ0v) is 14.4. The van der Waals surface area contributed by atoms with Gasteiger partial charge >= 0.3 is 0 Å². The second-order valence-electron chi connectivity index (χ2n) is 6.26. The summed E-state index contributed by atoms with van der Waals surface area (Å²) in [5.41, 5.74) is 1.58. The minimum absolute atomic E-state index is 0.0654. The molecular formula is C19H16ClN3O2. The molecule has 2 aliphatic heterocycles. The van der Waals surface area contributed by atoms with Gasteiger partial charge in [-0.05, 0) is 23.8 Å². The Hall–Kier alpha value is -2.39. The van der Waals surface area contributed by atoms with Crippen molar-refractivity contribution >= 4 is 23.2 Å². The Labute approximate surface area is 150 Å². The van der Waals surface area contributed by atoms with Gasteiger partial charge in [-0.15, -0.1) is 0 Å². The van der Waals surface area contributed by atoms with Crippen LogP contribution in [-0.2, 0) is 15.2 Å². The second-order valence-corrected chi connectivity index (χ2v) is 6.70. The lowest BCUT2D eigenvalue weighted by atomic mass is 9.73. The summed E-state index contributed by atoms with van der Waals surface area (Å²) < 4.78 is 0. The number of hydroxylamine groups is 2. The molecule has 0 N–H and O–H groups in total. The van der Waals surface area contributed by atoms with Crippen molar-refractivity contribution in [3.05, 3.63) is 64.7 Å². The van der Waals surface area contributed by atoms with Gasteiger partial charge in [-0.2, -0.15) is 10.3 Å². The highest BCUT2D eigenvalue weighted by Gasteiger charge is 2.56. The van der Waals surface area contributed by atoms with Crippen LogP contribution in [0, 0.1) is 17.2 Å². The zero-order chi connectivity index (χ0) is 17.6. The number of carbonyl (C=O) groups is 1. The van der Waals surface area contributed by atoms with Gasteiger partial charge in [0, 0.05) is 23.3 Å². The number of amides is 1. The molecule has 0 radical (unpaired) electrons. The van der Waals surface area contributed by atoms with Crippen molar-refractivity contribution in [1.82, 2.24) is 5.06 Å². The quantitative estimate of drug-likeness (QED) is 0.791. The molecule has 1 amide bonds. The molecule has 2 aromatic rings. The Balaban J connectivity index is 2.10. The van der Waals surface area contributed by atoms with E-state index in [4.69, 9.17) is 16.4 Å². The van der Waals surface area contributed by atoms with Crippen LogP contribution in [0.4, 0.5) is 5.69 Å². The molecular weight excluding hydrogens is 338 g/mol. The highest BCUT2D eigenvalue weighted by molar-refractivity contribution is 6.30. The van der Waals surface area contributed by atoms with Gasteiger partial charge in [-0.25, -0.2) is 0 Å². The van der Waals surface area contributed by atoms with Gasteiger partial charge in [0.2, 0.25) is 5.91 Å². The van der Waals surface area contributed by atoms with Crippen LogP contribution in [0.5, 0.6) is 0 Å². The number of hydrogen-bond donors (Lipinski definition) is 0. The molecule has 0 bridgehead atoms. The molecule has 1 saturated heterocycles. The molecule has 0 aliphatic carbocycles. The molecule has 25 heavy (non-hydrogen) atoms. The highest BCUT2D eigenvalue weighted by atomic mass is 35.5. The first-order valence-corrected chi connectivity index (χ1v) is 8.39. The predicted octanol–water partition coefficient (Wildman–Crippen LogP) is 2.95. The number of anilines is 1. The van der Waals surface area contributed by atoms with Crippen LogP contribution >= 0.6 is 11.6 Å². The SMILES string of the molecule is CN1C(=O)CN2OC[C@@H](C#N)[C@@]2(c2ccccc2)c2cc(Cl)ccc21. The predicted molar refractivity (Wildman–Crippen MR) is 93.8 cm³/mol. The van der Waals surface area contributed by atoms with E-state index >= 15 is 0 Å². The van der Waals surface area contributed by atoms with E-state index in [1.165, 1.54) is 0 Å². The Bertz CT molecular complexity index is 880. The first-order valence-electron chi connectivity index (χ1n) is 8.01. The summed E-state index contributed by atoms with van der Waals surface area (Å²) in [5.74, 6) is -0.564. The summed E-state index contributed by atoms with van der Waals surface area (Å²) in [6.07, 6.45) is 0. The number of carbonyl (C=O) groups excluding carboxylic acids is 1. The highest BCUT2D eigenvalue weighted by Crippen LogP contribution is 2.51. The third kappa shape index (κ3) is 2.19.